The number of anilines is 1. The number of likely N-dealkylation sites (tertiary alicyclic amines) is 1. The summed E-state index contributed by atoms with van der Waals surface area (Å²) in [5.41, 5.74) is 0.605. The third kappa shape index (κ3) is 6.12. The number of carbonyl (C=O) groups is 1. The van der Waals surface area contributed by atoms with E-state index >= 15 is 0 Å². The van der Waals surface area contributed by atoms with E-state index in [1.165, 1.54) is 25.0 Å². The average Bonchev–Trinajstić information content (AvgIpc) is 2.99. The van der Waals surface area contributed by atoms with Crippen LogP contribution in [0.2, 0.25) is 0 Å². The van der Waals surface area contributed by atoms with Crippen LogP contribution in [0, 0.1) is 0 Å². The number of sulfonamides is 1. The summed E-state index contributed by atoms with van der Waals surface area (Å²) in [7, 11) is -1.86. The number of unbranched alkanes of at least 4 members (excludes halogenated alkanes) is 4. The molecule has 0 unspecified atom stereocenters. The van der Waals surface area contributed by atoms with Crippen LogP contribution in [0.25, 0.3) is 0 Å². The maximum Gasteiger partial charge on any atom is 0.283 e. The third-order valence-electron chi connectivity index (χ3n) is 4.50. The summed E-state index contributed by atoms with van der Waals surface area (Å²) < 4.78 is 28.7. The molecule has 0 radical (unpaired) electrons. The molecule has 26 heavy (non-hydrogen) atoms. The number of rotatable bonds is 9. The van der Waals surface area contributed by atoms with E-state index in [0.29, 0.717) is 24.4 Å². The van der Waals surface area contributed by atoms with Gasteiger partial charge in [-0.25, -0.2) is 0 Å². The first-order valence-electron chi connectivity index (χ1n) is 9.37. The number of amides is 1. The van der Waals surface area contributed by atoms with Crippen molar-refractivity contribution in [3.8, 4) is 0 Å². The summed E-state index contributed by atoms with van der Waals surface area (Å²) in [5.74, 6) is 0.565. The fraction of sp³-hybridized carbons (Fsp3) is 0.579. The van der Waals surface area contributed by atoms with Crippen molar-refractivity contribution >= 4 is 27.5 Å². The van der Waals surface area contributed by atoms with E-state index in [-0.39, 0.29) is 10.8 Å². The zero-order valence-electron chi connectivity index (χ0n) is 15.7. The number of amidine groups is 1. The van der Waals surface area contributed by atoms with Crippen LogP contribution in [0.15, 0.2) is 33.6 Å². The first kappa shape index (κ1) is 20.4. The van der Waals surface area contributed by atoms with Gasteiger partial charge in [0.1, 0.15) is 5.84 Å². The molecule has 1 N–H and O–H groups in total. The van der Waals surface area contributed by atoms with Crippen LogP contribution in [-0.4, -0.2) is 38.7 Å². The molecule has 7 heteroatoms. The Balaban J connectivity index is 1.90. The fourth-order valence-corrected chi connectivity index (χ4v) is 4.02. The Hall–Kier alpha value is -1.89. The zero-order chi connectivity index (χ0) is 19.0. The highest BCUT2D eigenvalue weighted by Gasteiger charge is 2.20. The highest BCUT2D eigenvalue weighted by molar-refractivity contribution is 7.90. The smallest absolute Gasteiger partial charge is 0.283 e. The topological polar surface area (TPSA) is 78.8 Å². The van der Waals surface area contributed by atoms with E-state index in [2.05, 4.69) is 16.6 Å². The second-order valence-corrected chi connectivity index (χ2v) is 8.35. The molecule has 6 nitrogen and oxygen atoms in total. The standard InChI is InChI=1S/C19H29N3O3S/c1-3-4-5-6-7-10-19(23)20-16-11-13-17(14-12-16)26(24,25)21-18-9-8-15-22(18)2/h11-14H,3-10,15H2,1-2H3,(H,20,23)/b21-18-. The predicted octanol–water partition coefficient (Wildman–Crippen LogP) is 3.80. The number of benzene rings is 1. The molecule has 0 atom stereocenters. The molecule has 1 aromatic carbocycles. The van der Waals surface area contributed by atoms with Gasteiger partial charge < -0.3 is 10.2 Å². The number of carbonyl (C=O) groups excluding carboxylic acids is 1. The summed E-state index contributed by atoms with van der Waals surface area (Å²) in [6.07, 6.45) is 7.59. The lowest BCUT2D eigenvalue weighted by atomic mass is 10.1. The van der Waals surface area contributed by atoms with Crippen molar-refractivity contribution in [2.45, 2.75) is 63.2 Å². The van der Waals surface area contributed by atoms with Gasteiger partial charge in [-0.3, -0.25) is 4.79 Å². The van der Waals surface area contributed by atoms with Crippen molar-refractivity contribution in [2.75, 3.05) is 18.9 Å². The molecule has 1 aliphatic rings. The molecule has 1 heterocycles. The van der Waals surface area contributed by atoms with Crippen LogP contribution in [0.4, 0.5) is 5.69 Å². The molecular weight excluding hydrogens is 350 g/mol. The lowest BCUT2D eigenvalue weighted by Crippen LogP contribution is -2.20. The van der Waals surface area contributed by atoms with Gasteiger partial charge in [-0.2, -0.15) is 8.42 Å². The molecule has 1 saturated heterocycles. The van der Waals surface area contributed by atoms with Crippen molar-refractivity contribution in [2.24, 2.45) is 4.40 Å². The number of hydrogen-bond donors (Lipinski definition) is 1. The van der Waals surface area contributed by atoms with E-state index in [1.807, 2.05) is 11.9 Å². The zero-order valence-corrected chi connectivity index (χ0v) is 16.5. The number of nitrogens with one attached hydrogen (secondary N) is 1. The minimum absolute atomic E-state index is 0.0371. The molecule has 0 bridgehead atoms. The van der Waals surface area contributed by atoms with Gasteiger partial charge in [0.2, 0.25) is 5.91 Å². The minimum Gasteiger partial charge on any atom is -0.362 e. The monoisotopic (exact) mass is 379 g/mol. The molecule has 0 saturated carbocycles. The maximum atomic E-state index is 12.4. The Labute approximate surface area is 156 Å². The third-order valence-corrected chi connectivity index (χ3v) is 5.82. The van der Waals surface area contributed by atoms with Crippen molar-refractivity contribution in [1.29, 1.82) is 0 Å². The molecule has 0 aromatic heterocycles. The van der Waals surface area contributed by atoms with E-state index in [9.17, 15) is 13.2 Å². The minimum atomic E-state index is -3.71. The van der Waals surface area contributed by atoms with Gasteiger partial charge in [-0.15, -0.1) is 4.40 Å². The lowest BCUT2D eigenvalue weighted by Gasteiger charge is -2.11. The number of nitrogens with zero attached hydrogens (tertiary/aromatic N) is 2. The van der Waals surface area contributed by atoms with Crippen LogP contribution in [0.3, 0.4) is 0 Å². The Morgan fingerprint density at radius 1 is 1.15 bits per heavy atom. The Kier molecular flexibility index (Phi) is 7.63. The van der Waals surface area contributed by atoms with Crippen LogP contribution in [-0.2, 0) is 14.8 Å². The molecular formula is C19H29N3O3S. The molecule has 1 fully saturated rings. The van der Waals surface area contributed by atoms with Gasteiger partial charge in [0.25, 0.3) is 10.0 Å². The lowest BCUT2D eigenvalue weighted by molar-refractivity contribution is -0.116. The first-order valence-corrected chi connectivity index (χ1v) is 10.8. The number of hydrogen-bond acceptors (Lipinski definition) is 3. The van der Waals surface area contributed by atoms with Crippen molar-refractivity contribution in [1.82, 2.24) is 4.90 Å². The van der Waals surface area contributed by atoms with Gasteiger partial charge in [0, 0.05) is 32.1 Å². The SMILES string of the molecule is CCCCCCCC(=O)Nc1ccc(S(=O)(=O)/N=C2/CCCN2C)cc1. The second kappa shape index (κ2) is 9.71. The Morgan fingerprint density at radius 3 is 2.46 bits per heavy atom. The summed E-state index contributed by atoms with van der Waals surface area (Å²) in [4.78, 5) is 13.9. The molecule has 144 valence electrons. The largest absolute Gasteiger partial charge is 0.362 e. The van der Waals surface area contributed by atoms with Crippen molar-refractivity contribution in [3.63, 3.8) is 0 Å². The van der Waals surface area contributed by atoms with E-state index < -0.39 is 10.0 Å². The molecule has 2 rings (SSSR count). The molecule has 1 aliphatic heterocycles. The van der Waals surface area contributed by atoms with Gasteiger partial charge in [0.05, 0.1) is 4.90 Å². The quantitative estimate of drug-likeness (QED) is 0.662. The summed E-state index contributed by atoms with van der Waals surface area (Å²) in [5, 5.41) is 2.81. The summed E-state index contributed by atoms with van der Waals surface area (Å²) >= 11 is 0. The Morgan fingerprint density at radius 2 is 1.85 bits per heavy atom. The summed E-state index contributed by atoms with van der Waals surface area (Å²) in [6.45, 7) is 2.99. The van der Waals surface area contributed by atoms with Crippen LogP contribution in [0.1, 0.15) is 58.3 Å². The molecule has 0 aliphatic carbocycles. The fourth-order valence-electron chi connectivity index (χ4n) is 2.92. The van der Waals surface area contributed by atoms with Gasteiger partial charge >= 0.3 is 0 Å². The van der Waals surface area contributed by atoms with Gasteiger partial charge in [-0.1, -0.05) is 32.6 Å². The highest BCUT2D eigenvalue weighted by atomic mass is 32.2. The maximum absolute atomic E-state index is 12.4. The van der Waals surface area contributed by atoms with Gasteiger partial charge in [0.15, 0.2) is 0 Å². The second-order valence-electron chi connectivity index (χ2n) is 6.74. The Bertz CT molecular complexity index is 727. The van der Waals surface area contributed by atoms with E-state index in [0.717, 1.165) is 32.2 Å². The van der Waals surface area contributed by atoms with Gasteiger partial charge in [-0.05, 0) is 37.1 Å². The first-order chi connectivity index (χ1) is 12.4. The van der Waals surface area contributed by atoms with E-state index in [4.69, 9.17) is 0 Å². The van der Waals surface area contributed by atoms with Crippen LogP contribution >= 0.6 is 0 Å². The predicted molar refractivity (Wildman–Crippen MR) is 105 cm³/mol. The summed E-state index contributed by atoms with van der Waals surface area (Å²) in [6, 6.07) is 6.21. The molecule has 1 amide bonds. The van der Waals surface area contributed by atoms with E-state index in [1.54, 1.807) is 12.1 Å². The average molecular weight is 380 g/mol. The normalized spacial score (nSPS) is 16.2. The van der Waals surface area contributed by atoms with Crippen molar-refractivity contribution in [3.05, 3.63) is 24.3 Å². The highest BCUT2D eigenvalue weighted by Crippen LogP contribution is 2.19. The molecule has 1 aromatic rings. The van der Waals surface area contributed by atoms with Crippen LogP contribution in [0.5, 0.6) is 0 Å². The van der Waals surface area contributed by atoms with Crippen molar-refractivity contribution < 1.29 is 13.2 Å². The van der Waals surface area contributed by atoms with Crippen LogP contribution < -0.4 is 5.32 Å². The molecule has 0 spiro atoms.